The third-order valence-electron chi connectivity index (χ3n) is 5.78. The van der Waals surface area contributed by atoms with Gasteiger partial charge in [-0.25, -0.2) is 0 Å². The Morgan fingerprint density at radius 3 is 2.45 bits per heavy atom. The highest BCUT2D eigenvalue weighted by molar-refractivity contribution is 5.85. The summed E-state index contributed by atoms with van der Waals surface area (Å²) in [5.41, 5.74) is 9.59. The molecule has 0 bridgehead atoms. The molecule has 2 aliphatic heterocycles. The summed E-state index contributed by atoms with van der Waals surface area (Å²) in [6.07, 6.45) is 3.97. The highest BCUT2D eigenvalue weighted by atomic mass is 35.5. The first-order valence-electron chi connectivity index (χ1n) is 9.69. The van der Waals surface area contributed by atoms with Crippen LogP contribution in [0.15, 0.2) is 60.8 Å². The first kappa shape index (κ1) is 21.1. The molecular formula is C23H26ClN3O2. The van der Waals surface area contributed by atoms with Crippen LogP contribution in [0.4, 0.5) is 0 Å². The number of rotatable bonds is 3. The Kier molecular flexibility index (Phi) is 6.40. The lowest BCUT2D eigenvalue weighted by atomic mass is 9.93. The van der Waals surface area contributed by atoms with Gasteiger partial charge in [-0.1, -0.05) is 54.6 Å². The molecule has 4 rings (SSSR count). The Bertz CT molecular complexity index is 915. The van der Waals surface area contributed by atoms with Crippen molar-refractivity contribution in [3.05, 3.63) is 77.5 Å². The van der Waals surface area contributed by atoms with Crippen molar-refractivity contribution in [3.63, 3.8) is 0 Å². The summed E-state index contributed by atoms with van der Waals surface area (Å²) in [6.45, 7) is 2.70. The fraction of sp³-hybridized carbons (Fsp3) is 0.304. The van der Waals surface area contributed by atoms with Gasteiger partial charge in [0.25, 0.3) is 0 Å². The van der Waals surface area contributed by atoms with Gasteiger partial charge in [0.05, 0.1) is 12.5 Å². The van der Waals surface area contributed by atoms with E-state index in [9.17, 15) is 9.59 Å². The van der Waals surface area contributed by atoms with Gasteiger partial charge in [0.1, 0.15) is 0 Å². The normalized spacial score (nSPS) is 22.8. The molecule has 2 amide bonds. The molecule has 1 unspecified atom stereocenters. The van der Waals surface area contributed by atoms with Gasteiger partial charge in [-0.3, -0.25) is 9.59 Å². The van der Waals surface area contributed by atoms with Crippen LogP contribution in [0.25, 0.3) is 6.08 Å². The van der Waals surface area contributed by atoms with Gasteiger partial charge in [-0.2, -0.15) is 0 Å². The minimum Gasteiger partial charge on any atom is -0.340 e. The molecule has 0 spiro atoms. The number of carbonyl (C=O) groups excluding carboxylic acids is 2. The highest BCUT2D eigenvalue weighted by Gasteiger charge is 2.36. The number of amides is 2. The van der Waals surface area contributed by atoms with Crippen molar-refractivity contribution in [2.45, 2.75) is 31.3 Å². The molecule has 5 nitrogen and oxygen atoms in total. The number of benzene rings is 2. The summed E-state index contributed by atoms with van der Waals surface area (Å²) in [5, 5.41) is 0. The van der Waals surface area contributed by atoms with Crippen LogP contribution >= 0.6 is 12.4 Å². The van der Waals surface area contributed by atoms with Crippen molar-refractivity contribution >= 4 is 30.3 Å². The molecule has 1 saturated heterocycles. The zero-order chi connectivity index (χ0) is 19.7. The molecule has 6 heteroatoms. The second-order valence-electron chi connectivity index (χ2n) is 7.57. The van der Waals surface area contributed by atoms with E-state index in [4.69, 9.17) is 5.73 Å². The Morgan fingerprint density at radius 1 is 1.03 bits per heavy atom. The Morgan fingerprint density at radius 2 is 1.72 bits per heavy atom. The van der Waals surface area contributed by atoms with Gasteiger partial charge in [0.2, 0.25) is 11.8 Å². The molecular weight excluding hydrogens is 386 g/mol. The van der Waals surface area contributed by atoms with Crippen LogP contribution in [-0.2, 0) is 9.59 Å². The van der Waals surface area contributed by atoms with E-state index in [1.807, 2.05) is 53.4 Å². The van der Waals surface area contributed by atoms with E-state index in [1.165, 1.54) is 12.5 Å². The molecule has 2 aliphatic rings. The summed E-state index contributed by atoms with van der Waals surface area (Å²) in [6, 6.07) is 17.7. The van der Waals surface area contributed by atoms with E-state index in [1.54, 1.807) is 11.1 Å². The first-order valence-corrected chi connectivity index (χ1v) is 9.69. The van der Waals surface area contributed by atoms with E-state index in [-0.39, 0.29) is 48.6 Å². The fourth-order valence-corrected chi connectivity index (χ4v) is 4.29. The minimum absolute atomic E-state index is 0. The number of carbonyl (C=O) groups is 2. The second-order valence-corrected chi connectivity index (χ2v) is 7.57. The van der Waals surface area contributed by atoms with Crippen molar-refractivity contribution in [1.82, 2.24) is 9.80 Å². The number of likely N-dealkylation sites (tertiary alicyclic amines) is 1. The summed E-state index contributed by atoms with van der Waals surface area (Å²) >= 11 is 0. The molecule has 0 saturated carbocycles. The average molecular weight is 412 g/mol. The smallest absolute Gasteiger partial charge is 0.225 e. The van der Waals surface area contributed by atoms with Gasteiger partial charge in [-0.05, 0) is 22.8 Å². The quantitative estimate of drug-likeness (QED) is 0.842. The third-order valence-corrected chi connectivity index (χ3v) is 5.78. The van der Waals surface area contributed by atoms with E-state index < -0.39 is 0 Å². The van der Waals surface area contributed by atoms with Crippen molar-refractivity contribution in [2.24, 2.45) is 5.73 Å². The Labute approximate surface area is 177 Å². The number of halogens is 1. The average Bonchev–Trinajstić information content (AvgIpc) is 3.10. The molecule has 2 N–H and O–H groups in total. The van der Waals surface area contributed by atoms with E-state index in [0.29, 0.717) is 13.1 Å². The molecule has 2 aromatic rings. The number of nitrogens with two attached hydrogens (primary N) is 1. The second kappa shape index (κ2) is 8.80. The van der Waals surface area contributed by atoms with E-state index >= 15 is 0 Å². The van der Waals surface area contributed by atoms with Crippen molar-refractivity contribution < 1.29 is 9.59 Å². The maximum absolute atomic E-state index is 13.1. The van der Waals surface area contributed by atoms with Gasteiger partial charge in [0.15, 0.2) is 0 Å². The van der Waals surface area contributed by atoms with Gasteiger partial charge < -0.3 is 15.5 Å². The lowest BCUT2D eigenvalue weighted by Crippen LogP contribution is -2.37. The molecule has 0 aliphatic carbocycles. The summed E-state index contributed by atoms with van der Waals surface area (Å²) in [4.78, 5) is 28.8. The van der Waals surface area contributed by atoms with Gasteiger partial charge in [-0.15, -0.1) is 12.4 Å². The van der Waals surface area contributed by atoms with Crippen molar-refractivity contribution in [2.75, 3.05) is 13.1 Å². The molecule has 0 radical (unpaired) electrons. The predicted octanol–water partition coefficient (Wildman–Crippen LogP) is 3.33. The SMILES string of the molecule is CC(=O)N1C=Cc2ccccc2C1CC(=O)N1C[C@@H](N)[C@H](c2ccccc2)C1.Cl. The monoisotopic (exact) mass is 411 g/mol. The molecule has 2 heterocycles. The zero-order valence-electron chi connectivity index (χ0n) is 16.4. The Hall–Kier alpha value is -2.63. The molecule has 1 fully saturated rings. The molecule has 0 aromatic heterocycles. The van der Waals surface area contributed by atoms with Crippen LogP contribution in [0.3, 0.4) is 0 Å². The number of hydrogen-bond acceptors (Lipinski definition) is 3. The van der Waals surface area contributed by atoms with Crippen molar-refractivity contribution in [3.8, 4) is 0 Å². The van der Waals surface area contributed by atoms with Crippen LogP contribution in [0.2, 0.25) is 0 Å². The van der Waals surface area contributed by atoms with Crippen molar-refractivity contribution in [1.29, 1.82) is 0 Å². The molecule has 29 heavy (non-hydrogen) atoms. The minimum atomic E-state index is -0.279. The summed E-state index contributed by atoms with van der Waals surface area (Å²) < 4.78 is 0. The van der Waals surface area contributed by atoms with Crippen LogP contribution in [0.5, 0.6) is 0 Å². The van der Waals surface area contributed by atoms with Crippen LogP contribution in [0.1, 0.15) is 42.0 Å². The number of hydrogen-bond donors (Lipinski definition) is 1. The third kappa shape index (κ3) is 4.21. The predicted molar refractivity (Wildman–Crippen MR) is 116 cm³/mol. The molecule has 152 valence electrons. The lowest BCUT2D eigenvalue weighted by molar-refractivity contribution is -0.133. The zero-order valence-corrected chi connectivity index (χ0v) is 17.2. The Balaban J connectivity index is 0.00000240. The first-order chi connectivity index (χ1) is 13.5. The maximum atomic E-state index is 13.1. The summed E-state index contributed by atoms with van der Waals surface area (Å²) in [7, 11) is 0. The fourth-order valence-electron chi connectivity index (χ4n) is 4.29. The van der Waals surface area contributed by atoms with Crippen LogP contribution in [0, 0.1) is 0 Å². The number of fused-ring (bicyclic) bond motifs is 1. The number of nitrogens with zero attached hydrogens (tertiary/aromatic N) is 2. The standard InChI is InChI=1S/C23H25N3O2.ClH/c1-16(27)26-12-11-18-9-5-6-10-19(18)22(26)13-23(28)25-14-20(21(24)15-25)17-7-3-2-4-8-17;/h2-12,20-22H,13-15,24H2,1H3;1H/t20-,21+,22?;/m0./s1. The lowest BCUT2D eigenvalue weighted by Gasteiger charge is -2.33. The van der Waals surface area contributed by atoms with Gasteiger partial charge >= 0.3 is 0 Å². The van der Waals surface area contributed by atoms with E-state index in [0.717, 1.165) is 11.1 Å². The van der Waals surface area contributed by atoms with Crippen LogP contribution in [-0.4, -0.2) is 40.7 Å². The largest absolute Gasteiger partial charge is 0.340 e. The van der Waals surface area contributed by atoms with E-state index in [2.05, 4.69) is 12.1 Å². The highest BCUT2D eigenvalue weighted by Crippen LogP contribution is 2.34. The summed E-state index contributed by atoms with van der Waals surface area (Å²) in [5.74, 6) is 0.117. The molecule has 2 aromatic carbocycles. The topological polar surface area (TPSA) is 66.6 Å². The van der Waals surface area contributed by atoms with Gasteiger partial charge in [0, 0.05) is 38.2 Å². The maximum Gasteiger partial charge on any atom is 0.225 e. The van der Waals surface area contributed by atoms with Crippen LogP contribution < -0.4 is 5.73 Å². The molecule has 3 atom stereocenters.